The highest BCUT2D eigenvalue weighted by atomic mass is 16.3. The molecular weight excluding hydrogens is 162 g/mol. The molecule has 2 fully saturated rings. The van der Waals surface area contributed by atoms with E-state index in [2.05, 4.69) is 5.32 Å². The van der Waals surface area contributed by atoms with Gasteiger partial charge in [0.1, 0.15) is 0 Å². The second kappa shape index (κ2) is 3.97. The Bertz CT molecular complexity index is 157. The van der Waals surface area contributed by atoms with Gasteiger partial charge in [0, 0.05) is 6.54 Å². The van der Waals surface area contributed by atoms with Crippen molar-refractivity contribution in [1.82, 2.24) is 5.32 Å². The first-order valence-electron chi connectivity index (χ1n) is 5.72. The fourth-order valence-electron chi connectivity index (χ4n) is 2.72. The number of rotatable bonds is 3. The molecule has 0 amide bonds. The van der Waals surface area contributed by atoms with Gasteiger partial charge in [-0.05, 0) is 31.7 Å². The van der Waals surface area contributed by atoms with Crippen molar-refractivity contribution in [3.05, 3.63) is 0 Å². The summed E-state index contributed by atoms with van der Waals surface area (Å²) in [6.45, 7) is 1.82. The minimum Gasteiger partial charge on any atom is -0.389 e. The van der Waals surface area contributed by atoms with Crippen LogP contribution in [0.5, 0.6) is 0 Å². The van der Waals surface area contributed by atoms with E-state index in [4.69, 9.17) is 0 Å². The Balaban J connectivity index is 1.71. The molecule has 2 heteroatoms. The highest BCUT2D eigenvalue weighted by Gasteiger charge is 2.31. The molecule has 1 heterocycles. The lowest BCUT2D eigenvalue weighted by Crippen LogP contribution is -2.31. The topological polar surface area (TPSA) is 32.3 Å². The van der Waals surface area contributed by atoms with Crippen molar-refractivity contribution in [1.29, 1.82) is 0 Å². The van der Waals surface area contributed by atoms with E-state index in [0.717, 1.165) is 31.8 Å². The van der Waals surface area contributed by atoms with Gasteiger partial charge in [-0.1, -0.05) is 25.7 Å². The van der Waals surface area contributed by atoms with Crippen molar-refractivity contribution < 1.29 is 5.11 Å². The number of hydrogen-bond acceptors (Lipinski definition) is 2. The van der Waals surface area contributed by atoms with Crippen molar-refractivity contribution in [3.8, 4) is 0 Å². The summed E-state index contributed by atoms with van der Waals surface area (Å²) in [6, 6.07) is 0. The van der Waals surface area contributed by atoms with E-state index in [-0.39, 0.29) is 5.60 Å². The van der Waals surface area contributed by atoms with Gasteiger partial charge in [0.05, 0.1) is 5.60 Å². The van der Waals surface area contributed by atoms with Crippen LogP contribution >= 0.6 is 0 Å². The van der Waals surface area contributed by atoms with Gasteiger partial charge >= 0.3 is 0 Å². The molecule has 76 valence electrons. The lowest BCUT2D eigenvalue weighted by atomic mass is 9.91. The smallest absolute Gasteiger partial charge is 0.0783 e. The second-order valence-corrected chi connectivity index (χ2v) is 4.84. The molecule has 2 N–H and O–H groups in total. The molecule has 0 spiro atoms. The SMILES string of the molecule is OC1(CCC2CCCC2)CCNC1. The van der Waals surface area contributed by atoms with Gasteiger partial charge in [0.15, 0.2) is 0 Å². The Morgan fingerprint density at radius 2 is 2.08 bits per heavy atom. The Morgan fingerprint density at radius 1 is 1.31 bits per heavy atom. The van der Waals surface area contributed by atoms with E-state index in [9.17, 15) is 5.11 Å². The standard InChI is InChI=1S/C11H21NO/c13-11(7-8-12-9-11)6-5-10-3-1-2-4-10/h10,12-13H,1-9H2. The first-order chi connectivity index (χ1) is 6.29. The molecule has 1 atom stereocenters. The summed E-state index contributed by atoms with van der Waals surface area (Å²) in [4.78, 5) is 0. The second-order valence-electron chi connectivity index (χ2n) is 4.84. The van der Waals surface area contributed by atoms with Gasteiger partial charge in [-0.3, -0.25) is 0 Å². The van der Waals surface area contributed by atoms with Crippen molar-refractivity contribution >= 4 is 0 Å². The Kier molecular flexibility index (Phi) is 2.89. The number of aliphatic hydroxyl groups is 1. The van der Waals surface area contributed by atoms with Gasteiger partial charge in [-0.15, -0.1) is 0 Å². The number of β-amino-alcohol motifs (C(OH)–C–C–N with tert-alkyl or cyclic N) is 1. The first kappa shape index (κ1) is 9.47. The highest BCUT2D eigenvalue weighted by molar-refractivity contribution is 4.88. The van der Waals surface area contributed by atoms with Gasteiger partial charge < -0.3 is 10.4 Å². The monoisotopic (exact) mass is 183 g/mol. The number of hydrogen-bond donors (Lipinski definition) is 2. The molecule has 13 heavy (non-hydrogen) atoms. The maximum atomic E-state index is 10.1. The molecule has 1 aliphatic heterocycles. The molecule has 2 aliphatic rings. The van der Waals surface area contributed by atoms with Crippen molar-refractivity contribution in [2.45, 2.75) is 50.5 Å². The van der Waals surface area contributed by atoms with Crippen LogP contribution in [0.2, 0.25) is 0 Å². The van der Waals surface area contributed by atoms with Crippen LogP contribution in [0.4, 0.5) is 0 Å². The zero-order valence-electron chi connectivity index (χ0n) is 8.39. The highest BCUT2D eigenvalue weighted by Crippen LogP contribution is 2.32. The average Bonchev–Trinajstić information content (AvgIpc) is 2.72. The third-order valence-corrected chi connectivity index (χ3v) is 3.71. The predicted octanol–water partition coefficient (Wildman–Crippen LogP) is 1.68. The molecule has 0 radical (unpaired) electrons. The van der Waals surface area contributed by atoms with Crippen molar-refractivity contribution in [3.63, 3.8) is 0 Å². The van der Waals surface area contributed by atoms with E-state index < -0.39 is 0 Å². The summed E-state index contributed by atoms with van der Waals surface area (Å²) < 4.78 is 0. The molecular formula is C11H21NO. The Morgan fingerprint density at radius 3 is 2.69 bits per heavy atom. The molecule has 1 saturated carbocycles. The van der Waals surface area contributed by atoms with Crippen molar-refractivity contribution in [2.24, 2.45) is 5.92 Å². The molecule has 0 aromatic heterocycles. The normalized spacial score (nSPS) is 35.8. The van der Waals surface area contributed by atoms with E-state index in [1.165, 1.54) is 32.1 Å². The summed E-state index contributed by atoms with van der Waals surface area (Å²) in [5, 5.41) is 13.3. The molecule has 1 aliphatic carbocycles. The summed E-state index contributed by atoms with van der Waals surface area (Å²) in [5.41, 5.74) is -0.359. The van der Waals surface area contributed by atoms with Crippen LogP contribution in [-0.4, -0.2) is 23.8 Å². The van der Waals surface area contributed by atoms with E-state index >= 15 is 0 Å². The third kappa shape index (κ3) is 2.44. The van der Waals surface area contributed by atoms with E-state index in [1.54, 1.807) is 0 Å². The van der Waals surface area contributed by atoms with Crippen LogP contribution in [0, 0.1) is 5.92 Å². The third-order valence-electron chi connectivity index (χ3n) is 3.71. The molecule has 1 unspecified atom stereocenters. The summed E-state index contributed by atoms with van der Waals surface area (Å²) >= 11 is 0. The fraction of sp³-hybridized carbons (Fsp3) is 1.00. The van der Waals surface area contributed by atoms with Crippen LogP contribution in [-0.2, 0) is 0 Å². The van der Waals surface area contributed by atoms with Crippen LogP contribution in [0.1, 0.15) is 44.9 Å². The van der Waals surface area contributed by atoms with Gasteiger partial charge in [0.25, 0.3) is 0 Å². The molecule has 0 aromatic carbocycles. The lowest BCUT2D eigenvalue weighted by Gasteiger charge is -2.22. The fourth-order valence-corrected chi connectivity index (χ4v) is 2.72. The van der Waals surface area contributed by atoms with Gasteiger partial charge in [-0.25, -0.2) is 0 Å². The maximum absolute atomic E-state index is 10.1. The van der Waals surface area contributed by atoms with Crippen molar-refractivity contribution in [2.75, 3.05) is 13.1 Å². The molecule has 0 bridgehead atoms. The van der Waals surface area contributed by atoms with Gasteiger partial charge in [0.2, 0.25) is 0 Å². The molecule has 0 aromatic rings. The zero-order chi connectivity index (χ0) is 9.15. The molecule has 2 rings (SSSR count). The number of nitrogens with one attached hydrogen (secondary N) is 1. The van der Waals surface area contributed by atoms with Crippen LogP contribution in [0.15, 0.2) is 0 Å². The minimum atomic E-state index is -0.359. The zero-order valence-corrected chi connectivity index (χ0v) is 8.39. The summed E-state index contributed by atoms with van der Waals surface area (Å²) in [7, 11) is 0. The molecule has 1 saturated heterocycles. The van der Waals surface area contributed by atoms with Crippen LogP contribution in [0.25, 0.3) is 0 Å². The van der Waals surface area contributed by atoms with Crippen LogP contribution < -0.4 is 5.32 Å². The largest absolute Gasteiger partial charge is 0.389 e. The minimum absolute atomic E-state index is 0.359. The maximum Gasteiger partial charge on any atom is 0.0783 e. The first-order valence-corrected chi connectivity index (χ1v) is 5.72. The lowest BCUT2D eigenvalue weighted by molar-refractivity contribution is 0.0456. The van der Waals surface area contributed by atoms with E-state index in [1.807, 2.05) is 0 Å². The van der Waals surface area contributed by atoms with E-state index in [0.29, 0.717) is 0 Å². The van der Waals surface area contributed by atoms with Crippen LogP contribution in [0.3, 0.4) is 0 Å². The predicted molar refractivity (Wildman–Crippen MR) is 53.6 cm³/mol. The summed E-state index contributed by atoms with van der Waals surface area (Å²) in [6.07, 6.45) is 8.87. The van der Waals surface area contributed by atoms with Gasteiger partial charge in [-0.2, -0.15) is 0 Å². The Labute approximate surface area is 80.7 Å². The Hall–Kier alpha value is -0.0800. The molecule has 2 nitrogen and oxygen atoms in total. The quantitative estimate of drug-likeness (QED) is 0.697. The summed E-state index contributed by atoms with van der Waals surface area (Å²) in [5.74, 6) is 0.921. The average molecular weight is 183 g/mol.